The first kappa shape index (κ1) is 13.5. The molecule has 0 unspecified atom stereocenters. The van der Waals surface area contributed by atoms with Gasteiger partial charge in [-0.15, -0.1) is 0 Å². The number of hydrogen-bond donors (Lipinski definition) is 2. The number of ether oxygens (including phenoxy) is 1. The van der Waals surface area contributed by atoms with Gasteiger partial charge in [-0.1, -0.05) is 30.4 Å². The maximum absolute atomic E-state index is 9.30. The fourth-order valence-electron chi connectivity index (χ4n) is 1.88. The number of thiocarbonyl (C=S) groups is 1. The summed E-state index contributed by atoms with van der Waals surface area (Å²) >= 11 is 5.02. The molecule has 0 radical (unpaired) electrons. The molecule has 0 amide bonds. The van der Waals surface area contributed by atoms with E-state index in [0.29, 0.717) is 28.5 Å². The highest BCUT2D eigenvalue weighted by atomic mass is 32.1. The summed E-state index contributed by atoms with van der Waals surface area (Å²) < 4.78 is 7.40. The Morgan fingerprint density at radius 3 is 2.79 bits per heavy atom. The lowest BCUT2D eigenvalue weighted by Gasteiger charge is -2.11. The molecule has 1 heterocycles. The molecule has 0 aliphatic heterocycles. The summed E-state index contributed by atoms with van der Waals surface area (Å²) in [6.07, 6.45) is 0. The van der Waals surface area contributed by atoms with E-state index in [2.05, 4.69) is 5.10 Å². The predicted molar refractivity (Wildman–Crippen MR) is 76.3 cm³/mol. The number of aliphatic hydroxyl groups is 1. The number of rotatable bonds is 4. The van der Waals surface area contributed by atoms with Crippen molar-refractivity contribution in [2.75, 3.05) is 0 Å². The quantitative estimate of drug-likeness (QED) is 0.831. The van der Waals surface area contributed by atoms with E-state index in [9.17, 15) is 5.11 Å². The summed E-state index contributed by atoms with van der Waals surface area (Å²) in [6, 6.07) is 7.23. The van der Waals surface area contributed by atoms with Crippen molar-refractivity contribution in [3.05, 3.63) is 41.1 Å². The summed E-state index contributed by atoms with van der Waals surface area (Å²) in [4.78, 5) is 0.238. The zero-order valence-electron chi connectivity index (χ0n) is 10.8. The molecule has 0 bridgehead atoms. The Hall–Kier alpha value is -1.92. The molecule has 1 aromatic carbocycles. The predicted octanol–water partition coefficient (Wildman–Crippen LogP) is 1.65. The van der Waals surface area contributed by atoms with Crippen molar-refractivity contribution in [2.24, 2.45) is 12.8 Å². The first-order valence-electron chi connectivity index (χ1n) is 5.74. The van der Waals surface area contributed by atoms with Gasteiger partial charge < -0.3 is 15.6 Å². The summed E-state index contributed by atoms with van der Waals surface area (Å²) in [5, 5.41) is 13.5. The number of para-hydroxylation sites is 1. The standard InChI is InChI=1S/C13H15N3O2S/c1-8-11(12(14)19)13(16(2)15-8)18-10-6-4-3-5-9(10)7-17/h3-6,17H,7H2,1-2H3,(H2,14,19). The largest absolute Gasteiger partial charge is 0.438 e. The second kappa shape index (κ2) is 5.38. The molecule has 2 aromatic rings. The van der Waals surface area contributed by atoms with Crippen molar-refractivity contribution < 1.29 is 9.84 Å². The highest BCUT2D eigenvalue weighted by Crippen LogP contribution is 2.29. The Balaban J connectivity index is 2.46. The van der Waals surface area contributed by atoms with Crippen molar-refractivity contribution in [1.82, 2.24) is 9.78 Å². The van der Waals surface area contributed by atoms with Crippen molar-refractivity contribution >= 4 is 17.2 Å². The van der Waals surface area contributed by atoms with E-state index in [4.69, 9.17) is 22.7 Å². The van der Waals surface area contributed by atoms with E-state index in [1.165, 1.54) is 0 Å². The van der Waals surface area contributed by atoms with Gasteiger partial charge in [-0.2, -0.15) is 5.10 Å². The van der Waals surface area contributed by atoms with E-state index < -0.39 is 0 Å². The molecule has 100 valence electrons. The molecule has 0 fully saturated rings. The molecule has 19 heavy (non-hydrogen) atoms. The number of hydrogen-bond acceptors (Lipinski definition) is 4. The maximum atomic E-state index is 9.30. The van der Waals surface area contributed by atoms with Gasteiger partial charge in [0.1, 0.15) is 10.7 Å². The fraction of sp³-hybridized carbons (Fsp3) is 0.231. The molecule has 0 aliphatic carbocycles. The van der Waals surface area contributed by atoms with E-state index in [1.807, 2.05) is 19.1 Å². The minimum atomic E-state index is -0.102. The Labute approximate surface area is 116 Å². The highest BCUT2D eigenvalue weighted by molar-refractivity contribution is 7.80. The van der Waals surface area contributed by atoms with Gasteiger partial charge in [0.15, 0.2) is 0 Å². The van der Waals surface area contributed by atoms with Crippen LogP contribution in [-0.4, -0.2) is 19.9 Å². The van der Waals surface area contributed by atoms with Crippen LogP contribution in [0.2, 0.25) is 0 Å². The number of aromatic nitrogens is 2. The van der Waals surface area contributed by atoms with Gasteiger partial charge in [-0.3, -0.25) is 0 Å². The minimum absolute atomic E-state index is 0.102. The molecular formula is C13H15N3O2S. The van der Waals surface area contributed by atoms with Crippen molar-refractivity contribution in [2.45, 2.75) is 13.5 Å². The van der Waals surface area contributed by atoms with Crippen molar-refractivity contribution in [1.29, 1.82) is 0 Å². The van der Waals surface area contributed by atoms with Crippen LogP contribution in [0, 0.1) is 6.92 Å². The van der Waals surface area contributed by atoms with Crippen LogP contribution in [0.1, 0.15) is 16.8 Å². The lowest BCUT2D eigenvalue weighted by atomic mass is 10.2. The van der Waals surface area contributed by atoms with Gasteiger partial charge in [0, 0.05) is 12.6 Å². The van der Waals surface area contributed by atoms with Gasteiger partial charge in [0.25, 0.3) is 0 Å². The minimum Gasteiger partial charge on any atom is -0.438 e. The zero-order chi connectivity index (χ0) is 14.0. The second-order valence-corrected chi connectivity index (χ2v) is 4.56. The number of nitrogens with zero attached hydrogens (tertiary/aromatic N) is 2. The molecular weight excluding hydrogens is 262 g/mol. The van der Waals surface area contributed by atoms with E-state index in [0.717, 1.165) is 0 Å². The fourth-order valence-corrected chi connectivity index (χ4v) is 2.11. The number of aryl methyl sites for hydroxylation is 2. The lowest BCUT2D eigenvalue weighted by molar-refractivity contribution is 0.275. The summed E-state index contributed by atoms with van der Waals surface area (Å²) in [5.74, 6) is 1.04. The monoisotopic (exact) mass is 277 g/mol. The van der Waals surface area contributed by atoms with Crippen LogP contribution in [0.15, 0.2) is 24.3 Å². The zero-order valence-corrected chi connectivity index (χ0v) is 11.6. The Bertz CT molecular complexity index is 622. The number of nitrogens with two attached hydrogens (primary N) is 1. The maximum Gasteiger partial charge on any atom is 0.228 e. The average Bonchev–Trinajstić information content (AvgIpc) is 2.65. The van der Waals surface area contributed by atoms with Crippen LogP contribution in [0.4, 0.5) is 0 Å². The average molecular weight is 277 g/mol. The first-order valence-corrected chi connectivity index (χ1v) is 6.15. The smallest absolute Gasteiger partial charge is 0.228 e. The number of benzene rings is 1. The normalized spacial score (nSPS) is 10.5. The molecule has 5 nitrogen and oxygen atoms in total. The van der Waals surface area contributed by atoms with E-state index >= 15 is 0 Å². The third kappa shape index (κ3) is 2.59. The van der Waals surface area contributed by atoms with Crippen LogP contribution < -0.4 is 10.5 Å². The van der Waals surface area contributed by atoms with Crippen molar-refractivity contribution in [3.8, 4) is 11.6 Å². The van der Waals surface area contributed by atoms with Gasteiger partial charge in [-0.05, 0) is 13.0 Å². The van der Waals surface area contributed by atoms with Gasteiger partial charge in [-0.25, -0.2) is 4.68 Å². The number of aliphatic hydroxyl groups excluding tert-OH is 1. The van der Waals surface area contributed by atoms with Gasteiger partial charge >= 0.3 is 0 Å². The first-order chi connectivity index (χ1) is 9.04. The molecule has 0 atom stereocenters. The van der Waals surface area contributed by atoms with Gasteiger partial charge in [0.05, 0.1) is 17.9 Å². The molecule has 0 saturated heterocycles. The van der Waals surface area contributed by atoms with Gasteiger partial charge in [0.2, 0.25) is 5.88 Å². The van der Waals surface area contributed by atoms with Crippen molar-refractivity contribution in [3.63, 3.8) is 0 Å². The Kier molecular flexibility index (Phi) is 3.82. The van der Waals surface area contributed by atoms with E-state index in [-0.39, 0.29) is 11.6 Å². The second-order valence-electron chi connectivity index (χ2n) is 4.12. The molecule has 0 aliphatic rings. The molecule has 3 N–H and O–H groups in total. The molecule has 1 aromatic heterocycles. The lowest BCUT2D eigenvalue weighted by Crippen LogP contribution is -2.11. The van der Waals surface area contributed by atoms with Crippen LogP contribution in [0.3, 0.4) is 0 Å². The van der Waals surface area contributed by atoms with Crippen LogP contribution in [0.5, 0.6) is 11.6 Å². The SMILES string of the molecule is Cc1nn(C)c(Oc2ccccc2CO)c1C(N)=S. The molecule has 0 saturated carbocycles. The topological polar surface area (TPSA) is 73.3 Å². The molecule has 2 rings (SSSR count). The van der Waals surface area contributed by atoms with Crippen LogP contribution in [-0.2, 0) is 13.7 Å². The third-order valence-corrected chi connectivity index (χ3v) is 2.97. The summed E-state index contributed by atoms with van der Waals surface area (Å²) in [5.41, 5.74) is 7.72. The van der Waals surface area contributed by atoms with Crippen LogP contribution >= 0.6 is 12.2 Å². The van der Waals surface area contributed by atoms with E-state index in [1.54, 1.807) is 23.9 Å². The summed E-state index contributed by atoms with van der Waals surface area (Å²) in [6.45, 7) is 1.72. The molecule has 6 heteroatoms. The Morgan fingerprint density at radius 2 is 2.16 bits per heavy atom. The summed E-state index contributed by atoms with van der Waals surface area (Å²) in [7, 11) is 1.76. The molecule has 0 spiro atoms. The van der Waals surface area contributed by atoms with Crippen LogP contribution in [0.25, 0.3) is 0 Å². The highest BCUT2D eigenvalue weighted by Gasteiger charge is 2.18. The Morgan fingerprint density at radius 1 is 1.47 bits per heavy atom. The third-order valence-electron chi connectivity index (χ3n) is 2.77.